The predicted molar refractivity (Wildman–Crippen MR) is 145 cm³/mol. The Morgan fingerprint density at radius 3 is 2.54 bits per heavy atom. The van der Waals surface area contributed by atoms with Crippen LogP contribution in [0.2, 0.25) is 5.02 Å². The summed E-state index contributed by atoms with van der Waals surface area (Å²) in [5, 5.41) is 12.8. The molecular formula is C27H24ClN5O3S. The van der Waals surface area contributed by atoms with E-state index in [4.69, 9.17) is 16.3 Å². The van der Waals surface area contributed by atoms with E-state index in [0.29, 0.717) is 40.4 Å². The van der Waals surface area contributed by atoms with Crippen molar-refractivity contribution < 1.29 is 14.3 Å². The van der Waals surface area contributed by atoms with Crippen molar-refractivity contribution in [2.45, 2.75) is 24.6 Å². The van der Waals surface area contributed by atoms with Gasteiger partial charge in [-0.05, 0) is 61.0 Å². The molecule has 0 saturated carbocycles. The number of nitrogens with zero attached hydrogens (tertiary/aromatic N) is 4. The molecule has 8 nitrogen and oxygen atoms in total. The van der Waals surface area contributed by atoms with Gasteiger partial charge in [0.2, 0.25) is 11.8 Å². The fourth-order valence-electron chi connectivity index (χ4n) is 4.00. The van der Waals surface area contributed by atoms with Crippen molar-refractivity contribution in [2.75, 3.05) is 22.5 Å². The van der Waals surface area contributed by atoms with Crippen LogP contribution in [-0.2, 0) is 16.2 Å². The largest absolute Gasteiger partial charge is 0.486 e. The zero-order valence-corrected chi connectivity index (χ0v) is 21.4. The van der Waals surface area contributed by atoms with E-state index in [0.717, 1.165) is 17.8 Å². The fraction of sp³-hybridized carbons (Fsp3) is 0.185. The summed E-state index contributed by atoms with van der Waals surface area (Å²) in [6.45, 7) is 0.892. The number of carbonyl (C=O) groups is 2. The normalized spacial score (nSPS) is 13.1. The van der Waals surface area contributed by atoms with Crippen LogP contribution < -0.4 is 15.0 Å². The molecule has 0 aliphatic carbocycles. The molecule has 0 spiro atoms. The van der Waals surface area contributed by atoms with Gasteiger partial charge in [-0.3, -0.25) is 14.2 Å². The van der Waals surface area contributed by atoms with Gasteiger partial charge in [-0.1, -0.05) is 47.6 Å². The third kappa shape index (κ3) is 6.12. The number of hydrogen-bond donors (Lipinski definition) is 1. The van der Waals surface area contributed by atoms with Crippen molar-refractivity contribution in [3.05, 3.63) is 89.7 Å². The Balaban J connectivity index is 1.27. The highest BCUT2D eigenvalue weighted by Gasteiger charge is 2.22. The van der Waals surface area contributed by atoms with Crippen LogP contribution in [0.1, 0.15) is 18.7 Å². The number of ether oxygens (including phenoxy) is 1. The first-order valence-corrected chi connectivity index (χ1v) is 13.1. The van der Waals surface area contributed by atoms with Crippen LogP contribution in [0.15, 0.2) is 84.0 Å². The second-order valence-electron chi connectivity index (χ2n) is 8.35. The van der Waals surface area contributed by atoms with Crippen LogP contribution in [0.3, 0.4) is 0 Å². The second kappa shape index (κ2) is 11.5. The number of halogens is 1. The highest BCUT2D eigenvalue weighted by atomic mass is 35.5. The second-order valence-corrected chi connectivity index (χ2v) is 9.73. The molecule has 10 heteroatoms. The van der Waals surface area contributed by atoms with Crippen molar-refractivity contribution in [2.24, 2.45) is 0 Å². The van der Waals surface area contributed by atoms with Gasteiger partial charge in [-0.15, -0.1) is 10.2 Å². The first-order chi connectivity index (χ1) is 18.1. The summed E-state index contributed by atoms with van der Waals surface area (Å²) in [4.78, 5) is 26.6. The van der Waals surface area contributed by atoms with E-state index in [1.54, 1.807) is 29.2 Å². The van der Waals surface area contributed by atoms with Crippen LogP contribution in [-0.4, -0.2) is 38.9 Å². The summed E-state index contributed by atoms with van der Waals surface area (Å²) in [6, 6.07) is 24.1. The fourth-order valence-corrected chi connectivity index (χ4v) is 4.90. The van der Waals surface area contributed by atoms with E-state index >= 15 is 0 Å². The molecule has 2 heterocycles. The first-order valence-electron chi connectivity index (χ1n) is 11.8. The summed E-state index contributed by atoms with van der Waals surface area (Å²) >= 11 is 7.24. The van der Waals surface area contributed by atoms with Crippen LogP contribution >= 0.6 is 23.4 Å². The number of rotatable bonds is 9. The number of benzene rings is 3. The lowest BCUT2D eigenvalue weighted by Gasteiger charge is -2.16. The molecule has 5 rings (SSSR count). The van der Waals surface area contributed by atoms with Gasteiger partial charge in [0.1, 0.15) is 12.4 Å². The standard InChI is InChI=1S/C27H24ClN5O3S/c28-19-11-13-23(14-12-19)36-17-24-30-31-27(33(24)21-7-2-1-3-8-21)37-18-25(34)29-20-6-4-9-22(16-20)32-15-5-10-26(32)35/h1-4,6-9,11-14,16H,5,10,15,17-18H2,(H,29,34). The highest BCUT2D eigenvalue weighted by molar-refractivity contribution is 7.99. The molecule has 1 aliphatic heterocycles. The zero-order chi connectivity index (χ0) is 25.6. The molecule has 0 atom stereocenters. The Morgan fingerprint density at radius 1 is 1.00 bits per heavy atom. The van der Waals surface area contributed by atoms with E-state index < -0.39 is 0 Å². The molecule has 1 saturated heterocycles. The lowest BCUT2D eigenvalue weighted by atomic mass is 10.2. The lowest BCUT2D eigenvalue weighted by Crippen LogP contribution is -2.23. The third-order valence-corrected chi connectivity index (χ3v) is 6.92. The maximum Gasteiger partial charge on any atom is 0.234 e. The first kappa shape index (κ1) is 24.9. The number of hydrogen-bond acceptors (Lipinski definition) is 6. The Bertz CT molecular complexity index is 1390. The van der Waals surface area contributed by atoms with Crippen molar-refractivity contribution in [1.29, 1.82) is 0 Å². The van der Waals surface area contributed by atoms with Crippen molar-refractivity contribution in [3.63, 3.8) is 0 Å². The third-order valence-electron chi connectivity index (χ3n) is 5.74. The maximum atomic E-state index is 12.8. The smallest absolute Gasteiger partial charge is 0.234 e. The SMILES string of the molecule is O=C(CSc1nnc(COc2ccc(Cl)cc2)n1-c1ccccc1)Nc1cccc(N2CCCC2=O)c1. The minimum absolute atomic E-state index is 0.107. The summed E-state index contributed by atoms with van der Waals surface area (Å²) in [5.74, 6) is 1.33. The van der Waals surface area contributed by atoms with Gasteiger partial charge in [0.25, 0.3) is 0 Å². The summed E-state index contributed by atoms with van der Waals surface area (Å²) < 4.78 is 7.77. The maximum absolute atomic E-state index is 12.8. The van der Waals surface area contributed by atoms with Gasteiger partial charge in [0.05, 0.1) is 5.75 Å². The molecule has 3 aromatic carbocycles. The van der Waals surface area contributed by atoms with Crippen LogP contribution in [0.5, 0.6) is 5.75 Å². The number of amides is 2. The van der Waals surface area contributed by atoms with E-state index in [2.05, 4.69) is 15.5 Å². The van der Waals surface area contributed by atoms with Gasteiger partial charge < -0.3 is 15.0 Å². The van der Waals surface area contributed by atoms with E-state index in [1.165, 1.54) is 11.8 Å². The van der Waals surface area contributed by atoms with E-state index in [9.17, 15) is 9.59 Å². The molecule has 1 N–H and O–H groups in total. The number of anilines is 2. The average molecular weight is 534 g/mol. The molecular weight excluding hydrogens is 510 g/mol. The molecule has 4 aromatic rings. The number of carbonyl (C=O) groups excluding carboxylic acids is 2. The highest BCUT2D eigenvalue weighted by Crippen LogP contribution is 2.26. The molecule has 2 amide bonds. The molecule has 0 bridgehead atoms. The molecule has 1 fully saturated rings. The Morgan fingerprint density at radius 2 is 1.78 bits per heavy atom. The van der Waals surface area contributed by atoms with Gasteiger partial charge in [0, 0.05) is 35.1 Å². The summed E-state index contributed by atoms with van der Waals surface area (Å²) in [5.41, 5.74) is 2.31. The zero-order valence-electron chi connectivity index (χ0n) is 19.8. The van der Waals surface area contributed by atoms with Crippen molar-refractivity contribution >= 4 is 46.6 Å². The minimum Gasteiger partial charge on any atom is -0.486 e. The van der Waals surface area contributed by atoms with Crippen molar-refractivity contribution in [1.82, 2.24) is 14.8 Å². The van der Waals surface area contributed by atoms with Gasteiger partial charge >= 0.3 is 0 Å². The number of nitrogens with one attached hydrogen (secondary N) is 1. The Kier molecular flexibility index (Phi) is 7.72. The lowest BCUT2D eigenvalue weighted by molar-refractivity contribution is -0.117. The topological polar surface area (TPSA) is 89.3 Å². The molecule has 1 aromatic heterocycles. The van der Waals surface area contributed by atoms with E-state index in [-0.39, 0.29) is 24.2 Å². The van der Waals surface area contributed by atoms with Gasteiger partial charge in [0.15, 0.2) is 11.0 Å². The Labute approximate surface area is 223 Å². The number of para-hydroxylation sites is 1. The quantitative estimate of drug-likeness (QED) is 0.291. The van der Waals surface area contributed by atoms with Crippen molar-refractivity contribution in [3.8, 4) is 11.4 Å². The van der Waals surface area contributed by atoms with Crippen LogP contribution in [0.4, 0.5) is 11.4 Å². The number of thioether (sulfide) groups is 1. The molecule has 37 heavy (non-hydrogen) atoms. The van der Waals surface area contributed by atoms with Gasteiger partial charge in [-0.2, -0.15) is 0 Å². The number of aromatic nitrogens is 3. The Hall–Kier alpha value is -3.82. The minimum atomic E-state index is -0.184. The van der Waals surface area contributed by atoms with Crippen LogP contribution in [0.25, 0.3) is 5.69 Å². The molecule has 0 unspecified atom stereocenters. The summed E-state index contributed by atoms with van der Waals surface area (Å²) in [6.07, 6.45) is 1.41. The van der Waals surface area contributed by atoms with E-state index in [1.807, 2.05) is 59.2 Å². The molecule has 188 valence electrons. The summed E-state index contributed by atoms with van der Waals surface area (Å²) in [7, 11) is 0. The molecule has 0 radical (unpaired) electrons. The average Bonchev–Trinajstić information content (AvgIpc) is 3.53. The van der Waals surface area contributed by atoms with Gasteiger partial charge in [-0.25, -0.2) is 0 Å². The van der Waals surface area contributed by atoms with Crippen LogP contribution in [0, 0.1) is 0 Å². The monoisotopic (exact) mass is 533 g/mol. The predicted octanol–water partition coefficient (Wildman–Crippen LogP) is 5.36. The molecule has 1 aliphatic rings.